The van der Waals surface area contributed by atoms with Crippen molar-refractivity contribution in [2.75, 3.05) is 12.4 Å². The molecule has 0 saturated carbocycles. The van der Waals surface area contributed by atoms with E-state index < -0.39 is 11.0 Å². The van der Waals surface area contributed by atoms with Crippen molar-refractivity contribution in [2.24, 2.45) is 0 Å². The molecule has 0 amide bonds. The topological polar surface area (TPSA) is 79.0 Å². The van der Waals surface area contributed by atoms with Gasteiger partial charge >= 0.3 is 0 Å². The number of nitrogens with one attached hydrogen (secondary N) is 3. The summed E-state index contributed by atoms with van der Waals surface area (Å²) in [7, 11) is 0.431. The predicted octanol–water partition coefficient (Wildman–Crippen LogP) is 4.29. The van der Waals surface area contributed by atoms with Gasteiger partial charge in [-0.25, -0.2) is 13.9 Å². The Morgan fingerprint density at radius 1 is 1.07 bits per heavy atom. The fraction of sp³-hybridized carbons (Fsp3) is 0.136. The number of para-hydroxylation sites is 1. The summed E-state index contributed by atoms with van der Waals surface area (Å²) in [6.45, 7) is 1.94. The van der Waals surface area contributed by atoms with Crippen molar-refractivity contribution in [1.29, 1.82) is 0 Å². The van der Waals surface area contributed by atoms with Gasteiger partial charge in [-0.05, 0) is 36.8 Å². The van der Waals surface area contributed by atoms with E-state index in [-0.39, 0.29) is 6.17 Å². The summed E-state index contributed by atoms with van der Waals surface area (Å²) in [4.78, 5) is 8.59. The number of fused-ring (bicyclic) bond motifs is 2. The number of aromatic amines is 1. The van der Waals surface area contributed by atoms with Crippen LogP contribution in [0.2, 0.25) is 0 Å². The first-order valence-electron chi connectivity index (χ1n) is 9.33. The molecule has 2 atom stereocenters. The number of ether oxygens (including phenoxy) is 1. The summed E-state index contributed by atoms with van der Waals surface area (Å²) >= 11 is 0. The van der Waals surface area contributed by atoms with Gasteiger partial charge in [-0.15, -0.1) is 0 Å². The molecule has 146 valence electrons. The van der Waals surface area contributed by atoms with Crippen LogP contribution in [0.1, 0.15) is 6.92 Å². The molecule has 0 aliphatic carbocycles. The highest BCUT2D eigenvalue weighted by atomic mass is 32.2. The Kier molecular flexibility index (Phi) is 4.34. The van der Waals surface area contributed by atoms with Gasteiger partial charge < -0.3 is 15.0 Å². The standard InChI is InChI=1S/C22H20N4O2S/c1-13-25-19-8-7-14(10-21(19)29(27)26-13)15-9-17-18(12-24-22(17)23-11-15)16-5-3-4-6-20(16)28-2/h3-13,25-26H,1-2H3,(H,23,24). The minimum atomic E-state index is -1.24. The Labute approximate surface area is 170 Å². The zero-order chi connectivity index (χ0) is 20.0. The number of methoxy groups -OCH3 is 1. The van der Waals surface area contributed by atoms with Crippen molar-refractivity contribution >= 4 is 27.7 Å². The number of H-pyrrole nitrogens is 1. The van der Waals surface area contributed by atoms with Gasteiger partial charge in [0.05, 0.1) is 23.9 Å². The van der Waals surface area contributed by atoms with Gasteiger partial charge in [0.25, 0.3) is 0 Å². The highest BCUT2D eigenvalue weighted by Gasteiger charge is 2.20. The molecule has 0 spiro atoms. The number of aromatic nitrogens is 2. The highest BCUT2D eigenvalue weighted by Crippen LogP contribution is 2.36. The van der Waals surface area contributed by atoms with Crippen molar-refractivity contribution < 1.29 is 8.95 Å². The lowest BCUT2D eigenvalue weighted by Gasteiger charge is -2.25. The average molecular weight is 404 g/mol. The first-order chi connectivity index (χ1) is 14.1. The van der Waals surface area contributed by atoms with E-state index in [4.69, 9.17) is 4.74 Å². The molecular weight excluding hydrogens is 384 g/mol. The Morgan fingerprint density at radius 2 is 1.93 bits per heavy atom. The lowest BCUT2D eigenvalue weighted by molar-refractivity contribution is 0.416. The van der Waals surface area contributed by atoms with Crippen molar-refractivity contribution in [2.45, 2.75) is 18.0 Å². The molecule has 7 heteroatoms. The van der Waals surface area contributed by atoms with E-state index in [0.717, 1.165) is 49.6 Å². The largest absolute Gasteiger partial charge is 0.496 e. The SMILES string of the molecule is COc1ccccc1-c1c[nH]c2ncc(-c3ccc4c(c3)S(=O)NC(C)N4)cc12. The number of rotatable bonds is 3. The Balaban J connectivity index is 1.63. The monoisotopic (exact) mass is 404 g/mol. The molecule has 29 heavy (non-hydrogen) atoms. The normalized spacial score (nSPS) is 18.3. The summed E-state index contributed by atoms with van der Waals surface area (Å²) < 4.78 is 21.0. The van der Waals surface area contributed by atoms with Gasteiger partial charge in [-0.2, -0.15) is 0 Å². The second-order valence-corrected chi connectivity index (χ2v) is 8.20. The van der Waals surface area contributed by atoms with Crippen molar-refractivity contribution in [3.8, 4) is 28.0 Å². The fourth-order valence-corrected chi connectivity index (χ4v) is 4.78. The van der Waals surface area contributed by atoms with E-state index in [2.05, 4.69) is 26.1 Å². The maximum atomic E-state index is 12.5. The third kappa shape index (κ3) is 3.08. The Bertz CT molecular complexity index is 1250. The smallest absolute Gasteiger partial charge is 0.137 e. The number of anilines is 1. The third-order valence-corrected chi connectivity index (χ3v) is 6.40. The van der Waals surface area contributed by atoms with Crippen LogP contribution in [-0.2, 0) is 11.0 Å². The van der Waals surface area contributed by atoms with Gasteiger partial charge in [0, 0.05) is 34.5 Å². The second-order valence-electron chi connectivity index (χ2n) is 6.99. The Hall–Kier alpha value is -3.16. The lowest BCUT2D eigenvalue weighted by atomic mass is 10.0. The third-order valence-electron chi connectivity index (χ3n) is 5.10. The van der Waals surface area contributed by atoms with E-state index in [1.807, 2.05) is 61.8 Å². The summed E-state index contributed by atoms with van der Waals surface area (Å²) in [5.74, 6) is 0.814. The number of hydrogen-bond acceptors (Lipinski definition) is 4. The molecule has 0 fully saturated rings. The quantitative estimate of drug-likeness (QED) is 0.476. The van der Waals surface area contributed by atoms with Crippen LogP contribution in [0.25, 0.3) is 33.3 Å². The zero-order valence-corrected chi connectivity index (χ0v) is 16.8. The molecular formula is C22H20N4O2S. The molecule has 1 aliphatic heterocycles. The van der Waals surface area contributed by atoms with Gasteiger partial charge in [-0.3, -0.25) is 0 Å². The number of benzene rings is 2. The van der Waals surface area contributed by atoms with E-state index in [1.54, 1.807) is 7.11 Å². The van der Waals surface area contributed by atoms with Gasteiger partial charge in [0.1, 0.15) is 22.4 Å². The first-order valence-corrected chi connectivity index (χ1v) is 10.5. The van der Waals surface area contributed by atoms with Gasteiger partial charge in [0.2, 0.25) is 0 Å². The summed E-state index contributed by atoms with van der Waals surface area (Å²) in [6, 6.07) is 16.0. The number of nitrogens with zero attached hydrogens (tertiary/aromatic N) is 1. The molecule has 2 unspecified atom stereocenters. The molecule has 2 aromatic heterocycles. The molecule has 6 nitrogen and oxygen atoms in total. The van der Waals surface area contributed by atoms with Crippen molar-refractivity contribution in [3.05, 3.63) is 60.9 Å². The second kappa shape index (κ2) is 7.02. The maximum absolute atomic E-state index is 12.5. The number of hydrogen-bond donors (Lipinski definition) is 3. The summed E-state index contributed by atoms with van der Waals surface area (Å²) in [6.07, 6.45) is 3.76. The molecule has 0 radical (unpaired) electrons. The van der Waals surface area contributed by atoms with E-state index in [9.17, 15) is 4.21 Å². The van der Waals surface area contributed by atoms with Crippen molar-refractivity contribution in [3.63, 3.8) is 0 Å². The number of pyridine rings is 1. The molecule has 1 aliphatic rings. The van der Waals surface area contributed by atoms with E-state index in [0.29, 0.717) is 0 Å². The van der Waals surface area contributed by atoms with Crippen LogP contribution in [0.5, 0.6) is 5.75 Å². The highest BCUT2D eigenvalue weighted by molar-refractivity contribution is 7.83. The van der Waals surface area contributed by atoms with Crippen molar-refractivity contribution in [1.82, 2.24) is 14.7 Å². The molecule has 3 N–H and O–H groups in total. The predicted molar refractivity (Wildman–Crippen MR) is 116 cm³/mol. The molecule has 3 heterocycles. The molecule has 2 aromatic carbocycles. The van der Waals surface area contributed by atoms with Crippen LogP contribution in [0.15, 0.2) is 65.8 Å². The summed E-state index contributed by atoms with van der Waals surface area (Å²) in [5, 5.41) is 4.31. The van der Waals surface area contributed by atoms with Crippen LogP contribution in [-0.4, -0.2) is 27.5 Å². The zero-order valence-electron chi connectivity index (χ0n) is 16.0. The van der Waals surface area contributed by atoms with Crippen LogP contribution < -0.4 is 14.8 Å². The van der Waals surface area contributed by atoms with Gasteiger partial charge in [-0.1, -0.05) is 24.3 Å². The van der Waals surface area contributed by atoms with Crippen LogP contribution in [0.4, 0.5) is 5.69 Å². The lowest BCUT2D eigenvalue weighted by Crippen LogP contribution is -2.39. The van der Waals surface area contributed by atoms with Gasteiger partial charge in [0.15, 0.2) is 0 Å². The first kappa shape index (κ1) is 17.9. The van der Waals surface area contributed by atoms with E-state index in [1.165, 1.54) is 0 Å². The summed E-state index contributed by atoms with van der Waals surface area (Å²) in [5.41, 5.74) is 5.68. The minimum absolute atomic E-state index is 0.0320. The van der Waals surface area contributed by atoms with Crippen LogP contribution >= 0.6 is 0 Å². The maximum Gasteiger partial charge on any atom is 0.137 e. The van der Waals surface area contributed by atoms with E-state index >= 15 is 0 Å². The molecule has 0 saturated heterocycles. The minimum Gasteiger partial charge on any atom is -0.496 e. The molecule has 5 rings (SSSR count). The Morgan fingerprint density at radius 3 is 2.79 bits per heavy atom. The molecule has 0 bridgehead atoms. The fourth-order valence-electron chi connectivity index (χ4n) is 3.71. The molecule has 4 aromatic rings. The van der Waals surface area contributed by atoms with Crippen LogP contribution in [0, 0.1) is 0 Å². The average Bonchev–Trinajstić information content (AvgIpc) is 3.16. The van der Waals surface area contributed by atoms with Crippen LogP contribution in [0.3, 0.4) is 0 Å².